The zero-order valence-electron chi connectivity index (χ0n) is 11.6. The van der Waals surface area contributed by atoms with Crippen molar-refractivity contribution in [1.29, 1.82) is 0 Å². The first-order valence-electron chi connectivity index (χ1n) is 6.35. The van der Waals surface area contributed by atoms with E-state index in [1.165, 1.54) is 6.08 Å². The van der Waals surface area contributed by atoms with Crippen molar-refractivity contribution in [1.82, 2.24) is 24.1 Å². The molecule has 7 nitrogen and oxygen atoms in total. The maximum absolute atomic E-state index is 10.8. The molecule has 21 heavy (non-hydrogen) atoms. The van der Waals surface area contributed by atoms with E-state index in [1.807, 2.05) is 35.7 Å². The van der Waals surface area contributed by atoms with Gasteiger partial charge in [-0.15, -0.1) is 5.10 Å². The Morgan fingerprint density at radius 3 is 2.76 bits per heavy atom. The van der Waals surface area contributed by atoms with Crippen molar-refractivity contribution >= 4 is 17.7 Å². The quantitative estimate of drug-likeness (QED) is 0.738. The summed E-state index contributed by atoms with van der Waals surface area (Å²) in [5.74, 6) is 0.869. The monoisotopic (exact) mass is 283 g/mol. The van der Waals surface area contributed by atoms with E-state index in [9.17, 15) is 4.79 Å². The van der Waals surface area contributed by atoms with Gasteiger partial charge in [0.25, 0.3) is 0 Å². The number of carboxylic acids is 1. The lowest BCUT2D eigenvalue weighted by molar-refractivity contribution is -0.131. The number of imidazole rings is 1. The van der Waals surface area contributed by atoms with Crippen LogP contribution in [0.2, 0.25) is 0 Å². The van der Waals surface area contributed by atoms with Crippen molar-refractivity contribution in [3.63, 3.8) is 0 Å². The Balaban J connectivity index is 2.28. The molecule has 106 valence electrons. The van der Waals surface area contributed by atoms with Crippen molar-refractivity contribution in [2.75, 3.05) is 0 Å². The molecule has 0 spiro atoms. The fraction of sp³-hybridized carbons (Fsp3) is 0.143. The molecule has 0 saturated carbocycles. The Bertz CT molecular complexity index is 860. The highest BCUT2D eigenvalue weighted by Gasteiger charge is 2.15. The summed E-state index contributed by atoms with van der Waals surface area (Å²) in [4.78, 5) is 19.6. The Kier molecular flexibility index (Phi) is 3.02. The minimum atomic E-state index is -1.02. The van der Waals surface area contributed by atoms with Crippen LogP contribution in [0.1, 0.15) is 17.3 Å². The summed E-state index contributed by atoms with van der Waals surface area (Å²) in [6, 6.07) is 5.58. The molecule has 3 heterocycles. The smallest absolute Gasteiger partial charge is 0.328 e. The highest BCUT2D eigenvalue weighted by molar-refractivity contribution is 5.86. The van der Waals surface area contributed by atoms with E-state index < -0.39 is 5.97 Å². The molecule has 0 aromatic carbocycles. The van der Waals surface area contributed by atoms with Crippen LogP contribution in [0.15, 0.2) is 30.5 Å². The number of hydrogen-bond acceptors (Lipinski definition) is 4. The second-order valence-corrected chi connectivity index (χ2v) is 4.54. The van der Waals surface area contributed by atoms with Crippen LogP contribution in [-0.2, 0) is 4.79 Å². The summed E-state index contributed by atoms with van der Waals surface area (Å²) < 4.78 is 3.43. The number of aromatic nitrogens is 5. The normalized spacial score (nSPS) is 11.5. The van der Waals surface area contributed by atoms with Gasteiger partial charge in [0.2, 0.25) is 0 Å². The van der Waals surface area contributed by atoms with Crippen LogP contribution < -0.4 is 0 Å². The number of aliphatic carboxylic acids is 1. The van der Waals surface area contributed by atoms with Gasteiger partial charge in [-0.25, -0.2) is 14.8 Å². The molecule has 0 radical (unpaired) electrons. The standard InChI is InChI=1S/C14H13N5O2/c1-9-15-10(2)19(17-9)14-11(6-7-13(20)21)18-8-4-3-5-12(18)16-14/h3-8H,1-2H3,(H,20,21)/b7-6+. The van der Waals surface area contributed by atoms with Crippen molar-refractivity contribution in [3.05, 3.63) is 47.8 Å². The van der Waals surface area contributed by atoms with E-state index in [4.69, 9.17) is 5.11 Å². The average Bonchev–Trinajstić information content (AvgIpc) is 2.96. The number of aryl methyl sites for hydroxylation is 2. The molecule has 3 rings (SSSR count). The second-order valence-electron chi connectivity index (χ2n) is 4.54. The Morgan fingerprint density at radius 2 is 2.10 bits per heavy atom. The van der Waals surface area contributed by atoms with Crippen LogP contribution in [0.3, 0.4) is 0 Å². The van der Waals surface area contributed by atoms with Crippen LogP contribution in [0.25, 0.3) is 17.5 Å². The maximum Gasteiger partial charge on any atom is 0.328 e. The molecule has 0 unspecified atom stereocenters. The first-order chi connectivity index (χ1) is 10.1. The number of rotatable bonds is 3. The predicted octanol–water partition coefficient (Wildman–Crippen LogP) is 1.63. The molecule has 3 aromatic heterocycles. The molecule has 0 aliphatic rings. The second kappa shape index (κ2) is 4.86. The largest absolute Gasteiger partial charge is 0.478 e. The number of nitrogens with zero attached hydrogens (tertiary/aromatic N) is 5. The first kappa shape index (κ1) is 13.0. The number of hydrogen-bond donors (Lipinski definition) is 1. The number of carboxylic acid groups (broad SMARTS) is 1. The molecule has 0 saturated heterocycles. The molecule has 3 aromatic rings. The molecule has 0 bridgehead atoms. The lowest BCUT2D eigenvalue weighted by atomic mass is 10.3. The van der Waals surface area contributed by atoms with Gasteiger partial charge in [-0.3, -0.25) is 4.40 Å². The van der Waals surface area contributed by atoms with E-state index in [-0.39, 0.29) is 0 Å². The summed E-state index contributed by atoms with van der Waals surface area (Å²) in [6.45, 7) is 3.63. The van der Waals surface area contributed by atoms with Gasteiger partial charge in [-0.2, -0.15) is 4.68 Å². The summed E-state index contributed by atoms with van der Waals surface area (Å²) in [5.41, 5.74) is 1.35. The van der Waals surface area contributed by atoms with E-state index in [1.54, 1.807) is 11.6 Å². The number of pyridine rings is 1. The Morgan fingerprint density at radius 1 is 1.29 bits per heavy atom. The topological polar surface area (TPSA) is 85.3 Å². The fourth-order valence-electron chi connectivity index (χ4n) is 2.18. The molecule has 0 fully saturated rings. The van der Waals surface area contributed by atoms with Crippen molar-refractivity contribution in [2.24, 2.45) is 0 Å². The summed E-state index contributed by atoms with van der Waals surface area (Å²) >= 11 is 0. The van der Waals surface area contributed by atoms with Crippen LogP contribution >= 0.6 is 0 Å². The van der Waals surface area contributed by atoms with Gasteiger partial charge in [0.15, 0.2) is 5.82 Å². The molecule has 7 heteroatoms. The Hall–Kier alpha value is -2.96. The van der Waals surface area contributed by atoms with Gasteiger partial charge >= 0.3 is 5.97 Å². The molecular formula is C14H13N5O2. The molecular weight excluding hydrogens is 270 g/mol. The van der Waals surface area contributed by atoms with Gasteiger partial charge in [-0.1, -0.05) is 6.07 Å². The summed E-state index contributed by atoms with van der Waals surface area (Å²) in [6.07, 6.45) is 4.42. The molecule has 0 aliphatic carbocycles. The Labute approximate surface area is 120 Å². The third kappa shape index (κ3) is 2.29. The fourth-order valence-corrected chi connectivity index (χ4v) is 2.18. The third-order valence-electron chi connectivity index (χ3n) is 3.01. The van der Waals surface area contributed by atoms with Gasteiger partial charge in [-0.05, 0) is 32.1 Å². The zero-order chi connectivity index (χ0) is 15.0. The lowest BCUT2D eigenvalue weighted by Gasteiger charge is -2.01. The van der Waals surface area contributed by atoms with Crippen molar-refractivity contribution in [2.45, 2.75) is 13.8 Å². The van der Waals surface area contributed by atoms with E-state index >= 15 is 0 Å². The molecule has 0 amide bonds. The molecule has 0 aliphatic heterocycles. The van der Waals surface area contributed by atoms with E-state index in [0.717, 1.165) is 6.08 Å². The van der Waals surface area contributed by atoms with Crippen LogP contribution in [0.5, 0.6) is 0 Å². The highest BCUT2D eigenvalue weighted by atomic mass is 16.4. The predicted molar refractivity (Wildman–Crippen MR) is 76.3 cm³/mol. The minimum Gasteiger partial charge on any atom is -0.478 e. The number of fused-ring (bicyclic) bond motifs is 1. The molecule has 0 atom stereocenters. The van der Waals surface area contributed by atoms with Gasteiger partial charge in [0.05, 0.1) is 5.69 Å². The highest BCUT2D eigenvalue weighted by Crippen LogP contribution is 2.19. The average molecular weight is 283 g/mol. The SMILES string of the molecule is Cc1nc(C)n(-c2nc3ccccn3c2/C=C/C(=O)O)n1. The number of carbonyl (C=O) groups is 1. The summed E-state index contributed by atoms with van der Waals surface area (Å²) in [7, 11) is 0. The molecule has 1 N–H and O–H groups in total. The third-order valence-corrected chi connectivity index (χ3v) is 3.01. The summed E-state index contributed by atoms with van der Waals surface area (Å²) in [5, 5.41) is 13.2. The van der Waals surface area contributed by atoms with Crippen LogP contribution in [0.4, 0.5) is 0 Å². The van der Waals surface area contributed by atoms with Crippen molar-refractivity contribution in [3.8, 4) is 5.82 Å². The maximum atomic E-state index is 10.8. The minimum absolute atomic E-state index is 0.553. The van der Waals surface area contributed by atoms with E-state index in [2.05, 4.69) is 15.1 Å². The van der Waals surface area contributed by atoms with Gasteiger partial charge in [0.1, 0.15) is 17.3 Å². The van der Waals surface area contributed by atoms with Gasteiger partial charge in [0, 0.05) is 12.3 Å². The van der Waals surface area contributed by atoms with Crippen molar-refractivity contribution < 1.29 is 9.90 Å². The van der Waals surface area contributed by atoms with Gasteiger partial charge < -0.3 is 5.11 Å². The van der Waals surface area contributed by atoms with Crippen LogP contribution in [-0.4, -0.2) is 35.2 Å². The lowest BCUT2D eigenvalue weighted by Crippen LogP contribution is -2.02. The zero-order valence-corrected chi connectivity index (χ0v) is 11.6. The van der Waals surface area contributed by atoms with E-state index in [0.29, 0.717) is 28.8 Å². The van der Waals surface area contributed by atoms with Crippen LogP contribution in [0, 0.1) is 13.8 Å². The first-order valence-corrected chi connectivity index (χ1v) is 6.35.